The van der Waals surface area contributed by atoms with Gasteiger partial charge in [0.25, 0.3) is 0 Å². The first-order valence-electron chi connectivity index (χ1n) is 8.29. The molecule has 0 saturated heterocycles. The summed E-state index contributed by atoms with van der Waals surface area (Å²) in [7, 11) is 4.39. The quantitative estimate of drug-likeness (QED) is 0.642. The van der Waals surface area contributed by atoms with E-state index >= 15 is 0 Å². The molecule has 0 aliphatic rings. The molecule has 6 nitrogen and oxygen atoms in total. The summed E-state index contributed by atoms with van der Waals surface area (Å²) in [6.07, 6.45) is 0.219. The number of hydrogen-bond acceptors (Lipinski definition) is 5. The number of methoxy groups -OCH3 is 3. The van der Waals surface area contributed by atoms with E-state index in [0.29, 0.717) is 11.5 Å². The van der Waals surface area contributed by atoms with Crippen molar-refractivity contribution >= 4 is 27.8 Å². The molecule has 0 aliphatic heterocycles. The lowest BCUT2D eigenvalue weighted by molar-refractivity contribution is -0.141. The van der Waals surface area contributed by atoms with Gasteiger partial charge in [-0.25, -0.2) is 0 Å². The highest BCUT2D eigenvalue weighted by Gasteiger charge is 2.20. The molecule has 0 heterocycles. The molecule has 1 amide bonds. The SMILES string of the molecule is COC(=O)CC(NC(=O)Cc1ccc(Br)cc1)c1ccc(OC)c(OC)c1. The maximum absolute atomic E-state index is 12.5. The number of nitrogens with one attached hydrogen (secondary N) is 1. The van der Waals surface area contributed by atoms with Crippen molar-refractivity contribution in [1.82, 2.24) is 5.32 Å². The largest absolute Gasteiger partial charge is 0.493 e. The van der Waals surface area contributed by atoms with Crippen LogP contribution in [-0.2, 0) is 20.7 Å². The van der Waals surface area contributed by atoms with Crippen molar-refractivity contribution in [1.29, 1.82) is 0 Å². The lowest BCUT2D eigenvalue weighted by Gasteiger charge is -2.20. The van der Waals surface area contributed by atoms with Crippen molar-refractivity contribution in [2.45, 2.75) is 18.9 Å². The van der Waals surface area contributed by atoms with Crippen LogP contribution in [0, 0.1) is 0 Å². The Labute approximate surface area is 166 Å². The molecule has 2 aromatic carbocycles. The Hall–Kier alpha value is -2.54. The van der Waals surface area contributed by atoms with Crippen molar-refractivity contribution in [2.75, 3.05) is 21.3 Å². The molecule has 0 fully saturated rings. The fourth-order valence-corrected chi connectivity index (χ4v) is 2.87. The number of carbonyl (C=O) groups is 2. The number of benzene rings is 2. The highest BCUT2D eigenvalue weighted by molar-refractivity contribution is 9.10. The van der Waals surface area contributed by atoms with Crippen LogP contribution in [0.2, 0.25) is 0 Å². The van der Waals surface area contributed by atoms with Gasteiger partial charge in [0.2, 0.25) is 5.91 Å². The van der Waals surface area contributed by atoms with Crippen LogP contribution in [0.25, 0.3) is 0 Å². The van der Waals surface area contributed by atoms with Crippen LogP contribution in [0.1, 0.15) is 23.6 Å². The third kappa shape index (κ3) is 5.99. The minimum atomic E-state index is -0.541. The summed E-state index contributed by atoms with van der Waals surface area (Å²) in [5, 5.41) is 2.90. The molecular formula is C20H22BrNO5. The fraction of sp³-hybridized carbons (Fsp3) is 0.300. The molecule has 0 aromatic heterocycles. The van der Waals surface area contributed by atoms with E-state index in [9.17, 15) is 9.59 Å². The van der Waals surface area contributed by atoms with Gasteiger partial charge in [0.15, 0.2) is 11.5 Å². The predicted octanol–water partition coefficient (Wildman–Crippen LogP) is 3.43. The average molecular weight is 436 g/mol. The molecule has 0 aliphatic carbocycles. The minimum absolute atomic E-state index is 0.0120. The minimum Gasteiger partial charge on any atom is -0.493 e. The van der Waals surface area contributed by atoms with Crippen LogP contribution in [0.4, 0.5) is 0 Å². The Morgan fingerprint density at radius 2 is 1.67 bits per heavy atom. The first-order valence-corrected chi connectivity index (χ1v) is 9.08. The molecule has 2 rings (SSSR count). The van der Waals surface area contributed by atoms with Crippen LogP contribution < -0.4 is 14.8 Å². The third-order valence-corrected chi connectivity index (χ3v) is 4.55. The molecule has 0 radical (unpaired) electrons. The Kier molecular flexibility index (Phi) is 7.67. The van der Waals surface area contributed by atoms with E-state index in [-0.39, 0.29) is 18.7 Å². The van der Waals surface area contributed by atoms with E-state index in [1.54, 1.807) is 25.3 Å². The Bertz CT molecular complexity index is 791. The van der Waals surface area contributed by atoms with Gasteiger partial charge in [-0.05, 0) is 35.4 Å². The highest BCUT2D eigenvalue weighted by Crippen LogP contribution is 2.31. The molecule has 1 unspecified atom stereocenters. The van der Waals surface area contributed by atoms with Crippen LogP contribution in [0.5, 0.6) is 11.5 Å². The number of rotatable bonds is 8. The lowest BCUT2D eigenvalue weighted by Crippen LogP contribution is -2.31. The molecule has 0 saturated carbocycles. The zero-order chi connectivity index (χ0) is 19.8. The van der Waals surface area contributed by atoms with Crippen molar-refractivity contribution in [3.63, 3.8) is 0 Å². The van der Waals surface area contributed by atoms with Crippen LogP contribution >= 0.6 is 15.9 Å². The van der Waals surface area contributed by atoms with Gasteiger partial charge in [0.1, 0.15) is 0 Å². The number of amides is 1. The van der Waals surface area contributed by atoms with E-state index in [0.717, 1.165) is 15.6 Å². The highest BCUT2D eigenvalue weighted by atomic mass is 79.9. The molecule has 2 aromatic rings. The van der Waals surface area contributed by atoms with E-state index in [2.05, 4.69) is 21.2 Å². The smallest absolute Gasteiger partial charge is 0.307 e. The Morgan fingerprint density at radius 1 is 1.00 bits per heavy atom. The summed E-state index contributed by atoms with van der Waals surface area (Å²) in [6, 6.07) is 12.2. The Morgan fingerprint density at radius 3 is 2.26 bits per heavy atom. The monoisotopic (exact) mass is 435 g/mol. The van der Waals surface area contributed by atoms with Crippen molar-refractivity contribution in [2.24, 2.45) is 0 Å². The van der Waals surface area contributed by atoms with Crippen molar-refractivity contribution in [3.05, 3.63) is 58.1 Å². The number of esters is 1. The van der Waals surface area contributed by atoms with Gasteiger partial charge in [-0.3, -0.25) is 9.59 Å². The number of carbonyl (C=O) groups excluding carboxylic acids is 2. The van der Waals surface area contributed by atoms with Crippen LogP contribution in [0.3, 0.4) is 0 Å². The van der Waals surface area contributed by atoms with Gasteiger partial charge in [-0.15, -0.1) is 0 Å². The number of halogens is 1. The summed E-state index contributed by atoms with van der Waals surface area (Å²) in [5.74, 6) is 0.478. The standard InChI is InChI=1S/C20H22BrNO5/c1-25-17-9-6-14(11-18(17)26-2)16(12-20(24)27-3)22-19(23)10-13-4-7-15(21)8-5-13/h4-9,11,16H,10,12H2,1-3H3,(H,22,23). The Balaban J connectivity index is 2.19. The van der Waals surface area contributed by atoms with Gasteiger partial charge >= 0.3 is 5.97 Å². The third-order valence-electron chi connectivity index (χ3n) is 4.02. The second-order valence-electron chi connectivity index (χ2n) is 5.82. The van der Waals surface area contributed by atoms with E-state index in [1.807, 2.05) is 24.3 Å². The predicted molar refractivity (Wildman–Crippen MR) is 105 cm³/mol. The molecule has 27 heavy (non-hydrogen) atoms. The van der Waals surface area contributed by atoms with E-state index in [4.69, 9.17) is 14.2 Å². The molecule has 0 bridgehead atoms. The number of hydrogen-bond donors (Lipinski definition) is 1. The summed E-state index contributed by atoms with van der Waals surface area (Å²) in [4.78, 5) is 24.3. The first kappa shape index (κ1) is 20.8. The van der Waals surface area contributed by atoms with E-state index in [1.165, 1.54) is 14.2 Å². The molecule has 1 N–H and O–H groups in total. The van der Waals surface area contributed by atoms with E-state index < -0.39 is 12.0 Å². The fourth-order valence-electron chi connectivity index (χ4n) is 2.60. The van der Waals surface area contributed by atoms with Crippen molar-refractivity contribution in [3.8, 4) is 11.5 Å². The first-order chi connectivity index (χ1) is 13.0. The van der Waals surface area contributed by atoms with Gasteiger partial charge in [0, 0.05) is 4.47 Å². The zero-order valence-electron chi connectivity index (χ0n) is 15.5. The van der Waals surface area contributed by atoms with Gasteiger partial charge in [0.05, 0.1) is 40.2 Å². The number of ether oxygens (including phenoxy) is 3. The topological polar surface area (TPSA) is 73.9 Å². The molecule has 0 spiro atoms. The molecule has 7 heteroatoms. The maximum Gasteiger partial charge on any atom is 0.307 e. The normalized spacial score (nSPS) is 11.4. The summed E-state index contributed by atoms with van der Waals surface area (Å²) in [6.45, 7) is 0. The summed E-state index contributed by atoms with van der Waals surface area (Å²) in [5.41, 5.74) is 1.60. The molecule has 1 atom stereocenters. The summed E-state index contributed by atoms with van der Waals surface area (Å²) < 4.78 is 16.3. The molecular weight excluding hydrogens is 414 g/mol. The zero-order valence-corrected chi connectivity index (χ0v) is 17.0. The van der Waals surface area contributed by atoms with Gasteiger partial charge in [-0.1, -0.05) is 34.1 Å². The van der Waals surface area contributed by atoms with Crippen LogP contribution in [0.15, 0.2) is 46.9 Å². The average Bonchev–Trinajstić information content (AvgIpc) is 2.68. The van der Waals surface area contributed by atoms with Crippen LogP contribution in [-0.4, -0.2) is 33.2 Å². The maximum atomic E-state index is 12.5. The van der Waals surface area contributed by atoms with Crippen molar-refractivity contribution < 1.29 is 23.8 Å². The second kappa shape index (κ2) is 9.97. The second-order valence-corrected chi connectivity index (χ2v) is 6.73. The molecule has 144 valence electrons. The van der Waals surface area contributed by atoms with Gasteiger partial charge in [-0.2, -0.15) is 0 Å². The lowest BCUT2D eigenvalue weighted by atomic mass is 10.0. The van der Waals surface area contributed by atoms with Gasteiger partial charge < -0.3 is 19.5 Å². The summed E-state index contributed by atoms with van der Waals surface area (Å²) >= 11 is 3.37.